The second-order valence-corrected chi connectivity index (χ2v) is 13.6. The highest BCUT2D eigenvalue weighted by Crippen LogP contribution is 2.72. The van der Waals surface area contributed by atoms with E-state index in [-0.39, 0.29) is 24.9 Å². The Morgan fingerprint density at radius 2 is 0.914 bits per heavy atom. The van der Waals surface area contributed by atoms with Crippen molar-refractivity contribution in [2.75, 3.05) is 39.6 Å². The van der Waals surface area contributed by atoms with Crippen LogP contribution in [0.25, 0.3) is 0 Å². The zero-order valence-electron chi connectivity index (χ0n) is 19.1. The molecule has 10 heteroatoms. The van der Waals surface area contributed by atoms with Crippen LogP contribution in [-0.4, -0.2) is 72.1 Å². The number of alkyl halides is 4. The van der Waals surface area contributed by atoms with Crippen molar-refractivity contribution in [1.82, 2.24) is 0 Å². The molecular weight excluding hydrogens is 538 g/mol. The lowest BCUT2D eigenvalue weighted by atomic mass is 10.1. The van der Waals surface area contributed by atoms with Crippen LogP contribution in [-0.2, 0) is 28.4 Å². The summed E-state index contributed by atoms with van der Waals surface area (Å²) in [6.07, 6.45) is 6.51. The van der Waals surface area contributed by atoms with E-state index < -0.39 is 10.1 Å². The van der Waals surface area contributed by atoms with Crippen molar-refractivity contribution in [3.63, 3.8) is 0 Å². The first kappa shape index (κ1) is 26.2. The third kappa shape index (κ3) is 3.95. The minimum Gasteiger partial charge on any atom is -0.347 e. The summed E-state index contributed by atoms with van der Waals surface area (Å²) >= 11 is 24.3. The van der Waals surface area contributed by atoms with Gasteiger partial charge in [-0.05, 0) is 31.1 Å². The molecule has 0 aromatic carbocycles. The molecule has 0 aromatic rings. The molecule has 3 heterocycles. The van der Waals surface area contributed by atoms with Gasteiger partial charge in [-0.3, -0.25) is 0 Å². The zero-order valence-corrected chi connectivity index (χ0v) is 22.1. The van der Waals surface area contributed by atoms with E-state index in [2.05, 4.69) is 0 Å². The van der Waals surface area contributed by atoms with Crippen molar-refractivity contribution in [2.45, 2.75) is 78.4 Å². The normalized spacial score (nSPS) is 48.3. The van der Waals surface area contributed by atoms with Crippen molar-refractivity contribution in [1.29, 1.82) is 0 Å². The van der Waals surface area contributed by atoms with E-state index in [4.69, 9.17) is 74.8 Å². The van der Waals surface area contributed by atoms with Crippen LogP contribution in [0.1, 0.15) is 46.0 Å². The molecule has 0 amide bonds. The Balaban J connectivity index is 0.0000000967. The molecule has 3 spiro atoms. The quantitative estimate of drug-likeness (QED) is 0.365. The van der Waals surface area contributed by atoms with Crippen LogP contribution < -0.4 is 0 Å². The molecule has 0 bridgehead atoms. The van der Waals surface area contributed by atoms with Gasteiger partial charge in [-0.2, -0.15) is 0 Å². The van der Waals surface area contributed by atoms with Gasteiger partial charge in [0.15, 0.2) is 17.4 Å². The fraction of sp³-hybridized carbons (Fsp3) is 1.00. The first-order valence-electron chi connectivity index (χ1n) is 12.8. The van der Waals surface area contributed by atoms with E-state index in [1.165, 1.54) is 12.8 Å². The summed E-state index contributed by atoms with van der Waals surface area (Å²) < 4.78 is 33.1. The van der Waals surface area contributed by atoms with E-state index in [9.17, 15) is 0 Å². The van der Waals surface area contributed by atoms with E-state index in [0.717, 1.165) is 52.1 Å². The molecule has 9 fully saturated rings. The molecule has 0 radical (unpaired) electrons. The number of rotatable bonds is 0. The summed E-state index contributed by atoms with van der Waals surface area (Å²) in [7, 11) is 0. The maximum absolute atomic E-state index is 6.08. The van der Waals surface area contributed by atoms with Gasteiger partial charge in [0.1, 0.15) is 4.33 Å². The highest BCUT2D eigenvalue weighted by molar-refractivity contribution is 6.51. The van der Waals surface area contributed by atoms with Gasteiger partial charge in [0.25, 0.3) is 0 Å². The second kappa shape index (κ2) is 8.97. The summed E-state index contributed by atoms with van der Waals surface area (Å²) in [6.45, 7) is 4.40. The van der Waals surface area contributed by atoms with E-state index in [1.807, 2.05) is 0 Å². The molecule has 8 atom stereocenters. The van der Waals surface area contributed by atoms with E-state index >= 15 is 0 Å². The van der Waals surface area contributed by atoms with Crippen LogP contribution >= 0.6 is 46.4 Å². The first-order chi connectivity index (χ1) is 16.3. The van der Waals surface area contributed by atoms with Crippen molar-refractivity contribution in [3.05, 3.63) is 0 Å². The summed E-state index contributed by atoms with van der Waals surface area (Å²) in [6, 6.07) is 0. The zero-order chi connectivity index (χ0) is 23.3. The Labute approximate surface area is 227 Å². The monoisotopic (exact) mass is 572 g/mol. The fourth-order valence-corrected chi connectivity index (χ4v) is 9.95. The van der Waals surface area contributed by atoms with Crippen LogP contribution in [0.5, 0.6) is 0 Å². The molecule has 0 unspecified atom stereocenters. The third-order valence-electron chi connectivity index (χ3n) is 9.62. The summed E-state index contributed by atoms with van der Waals surface area (Å²) in [5.74, 6) is 2.13. The molecule has 3 saturated heterocycles. The first-order valence-corrected chi connectivity index (χ1v) is 14.5. The molecule has 0 N–H and O–H groups in total. The molecular formula is C25H36Cl4O6. The Morgan fingerprint density at radius 1 is 0.543 bits per heavy atom. The third-order valence-corrected chi connectivity index (χ3v) is 11.8. The van der Waals surface area contributed by atoms with Crippen molar-refractivity contribution in [2.24, 2.45) is 35.5 Å². The minimum atomic E-state index is -0.567. The molecule has 3 aliphatic heterocycles. The summed E-state index contributed by atoms with van der Waals surface area (Å²) in [5.41, 5.74) is 0. The van der Waals surface area contributed by atoms with E-state index in [1.54, 1.807) is 0 Å². The smallest absolute Gasteiger partial charge is 0.174 e. The van der Waals surface area contributed by atoms with Crippen molar-refractivity contribution < 1.29 is 28.4 Å². The Kier molecular flexibility index (Phi) is 6.71. The number of fused-ring (bicyclic) bond motifs is 6. The molecule has 6 aliphatic carbocycles. The molecule has 0 aromatic heterocycles. The molecule has 35 heavy (non-hydrogen) atoms. The van der Waals surface area contributed by atoms with Crippen molar-refractivity contribution >= 4 is 46.4 Å². The van der Waals surface area contributed by atoms with Gasteiger partial charge in [0.2, 0.25) is 0 Å². The van der Waals surface area contributed by atoms with Crippen LogP contribution in [0.15, 0.2) is 0 Å². The predicted molar refractivity (Wildman–Crippen MR) is 133 cm³/mol. The Bertz CT molecular complexity index is 751. The lowest BCUT2D eigenvalue weighted by Crippen LogP contribution is -2.33. The Hall–Kier alpha value is 0.920. The average Bonchev–Trinajstić information content (AvgIpc) is 3.46. The van der Waals surface area contributed by atoms with Crippen LogP contribution in [0.4, 0.5) is 0 Å². The maximum atomic E-state index is 6.08. The van der Waals surface area contributed by atoms with Crippen LogP contribution in [0.3, 0.4) is 0 Å². The highest BCUT2D eigenvalue weighted by Gasteiger charge is 2.77. The minimum absolute atomic E-state index is 0. The van der Waals surface area contributed by atoms with Gasteiger partial charge in [-0.1, -0.05) is 7.43 Å². The standard InChI is InChI=1S/C8H10Cl2O2.2C8H11ClO2.CH4/c9-8(10)5-1-2-7(6(5)8)11-3-4-12-7;2*9-7-5-1-2-8(6(5)7)10-3-4-11-8;/h5-6H,1-4H2;2*5-7H,1-4H2;1H4/t5-,6-;5-,6+,7+;5-,6+,7-;/m111./s1. The molecule has 9 rings (SSSR count). The largest absolute Gasteiger partial charge is 0.347 e. The van der Waals surface area contributed by atoms with Gasteiger partial charge >= 0.3 is 0 Å². The number of hydrogen-bond donors (Lipinski definition) is 0. The second-order valence-electron chi connectivity index (χ2n) is 11.2. The lowest BCUT2D eigenvalue weighted by Gasteiger charge is -2.25. The molecule has 6 saturated carbocycles. The number of hydrogen-bond acceptors (Lipinski definition) is 6. The van der Waals surface area contributed by atoms with Gasteiger partial charge in [0.05, 0.1) is 45.6 Å². The molecule has 9 aliphatic rings. The lowest BCUT2D eigenvalue weighted by molar-refractivity contribution is -0.167. The average molecular weight is 574 g/mol. The highest BCUT2D eigenvalue weighted by atomic mass is 35.5. The van der Waals surface area contributed by atoms with Gasteiger partial charge in [-0.25, -0.2) is 0 Å². The number of ether oxygens (including phenoxy) is 6. The summed E-state index contributed by atoms with van der Waals surface area (Å²) in [4.78, 5) is 0. The van der Waals surface area contributed by atoms with Gasteiger partial charge in [0, 0.05) is 47.8 Å². The molecule has 200 valence electrons. The summed E-state index contributed by atoms with van der Waals surface area (Å²) in [5, 5.41) is 0.670. The van der Waals surface area contributed by atoms with Crippen LogP contribution in [0, 0.1) is 35.5 Å². The maximum Gasteiger partial charge on any atom is 0.174 e. The topological polar surface area (TPSA) is 55.4 Å². The fourth-order valence-electron chi connectivity index (χ4n) is 7.82. The van der Waals surface area contributed by atoms with Crippen LogP contribution in [0.2, 0.25) is 0 Å². The predicted octanol–water partition coefficient (Wildman–Crippen LogP) is 5.33. The molecule has 6 nitrogen and oxygen atoms in total. The Morgan fingerprint density at radius 3 is 1.23 bits per heavy atom. The van der Waals surface area contributed by atoms with Crippen molar-refractivity contribution in [3.8, 4) is 0 Å². The number of halogens is 4. The van der Waals surface area contributed by atoms with Gasteiger partial charge < -0.3 is 28.4 Å². The van der Waals surface area contributed by atoms with Gasteiger partial charge in [-0.15, -0.1) is 46.4 Å². The van der Waals surface area contributed by atoms with E-state index in [0.29, 0.717) is 53.6 Å². The SMILES string of the molecule is C.ClC1(Cl)[C@@H]2CCC3(OCCO3)[C@@H]21.Cl[C@@H]1[C@@H]2CCC3(OCCO3)[C@H]12.Cl[C@H]1[C@@H]2CCC3(OCCO3)[C@H]12.